The first-order valence-electron chi connectivity index (χ1n) is 5.72. The fourth-order valence-corrected chi connectivity index (χ4v) is 2.98. The molecule has 0 atom stereocenters. The molecule has 0 aliphatic carbocycles. The molecular formula is C13H12FN3OS. The van der Waals surface area contributed by atoms with Gasteiger partial charge in [0.05, 0.1) is 25.5 Å². The Hall–Kier alpha value is -1.92. The quantitative estimate of drug-likeness (QED) is 0.800. The Morgan fingerprint density at radius 2 is 2.32 bits per heavy atom. The highest BCUT2D eigenvalue weighted by Crippen LogP contribution is 2.34. The van der Waals surface area contributed by atoms with E-state index >= 15 is 0 Å². The van der Waals surface area contributed by atoms with Gasteiger partial charge in [0, 0.05) is 10.9 Å². The van der Waals surface area contributed by atoms with Gasteiger partial charge in [0.15, 0.2) is 0 Å². The van der Waals surface area contributed by atoms with Crippen LogP contribution in [0.25, 0.3) is 16.1 Å². The smallest absolute Gasteiger partial charge is 0.128 e. The van der Waals surface area contributed by atoms with Crippen molar-refractivity contribution in [1.82, 2.24) is 9.38 Å². The van der Waals surface area contributed by atoms with Crippen molar-refractivity contribution in [2.45, 2.75) is 6.54 Å². The fourth-order valence-electron chi connectivity index (χ4n) is 2.09. The van der Waals surface area contributed by atoms with Gasteiger partial charge in [-0.1, -0.05) is 0 Å². The minimum atomic E-state index is -0.301. The summed E-state index contributed by atoms with van der Waals surface area (Å²) >= 11 is 1.54. The van der Waals surface area contributed by atoms with Gasteiger partial charge in [0.25, 0.3) is 0 Å². The van der Waals surface area contributed by atoms with Crippen molar-refractivity contribution in [3.05, 3.63) is 41.4 Å². The van der Waals surface area contributed by atoms with E-state index in [0.717, 1.165) is 16.3 Å². The number of ether oxygens (including phenoxy) is 1. The summed E-state index contributed by atoms with van der Waals surface area (Å²) in [5, 5.41) is 1.95. The third kappa shape index (κ3) is 1.89. The van der Waals surface area contributed by atoms with Crippen LogP contribution in [0.5, 0.6) is 5.75 Å². The maximum absolute atomic E-state index is 13.5. The summed E-state index contributed by atoms with van der Waals surface area (Å²) in [7, 11) is 1.57. The summed E-state index contributed by atoms with van der Waals surface area (Å²) in [5.41, 5.74) is 7.22. The number of methoxy groups -OCH3 is 1. The molecule has 0 radical (unpaired) electrons. The minimum Gasteiger partial charge on any atom is -0.496 e. The van der Waals surface area contributed by atoms with E-state index in [1.807, 2.05) is 9.78 Å². The second kappa shape index (κ2) is 4.64. The summed E-state index contributed by atoms with van der Waals surface area (Å²) in [5.74, 6) is 1.07. The molecule has 0 amide bonds. The van der Waals surface area contributed by atoms with Crippen LogP contribution in [0.2, 0.25) is 0 Å². The van der Waals surface area contributed by atoms with E-state index < -0.39 is 0 Å². The van der Waals surface area contributed by atoms with E-state index in [2.05, 4.69) is 4.98 Å². The zero-order valence-electron chi connectivity index (χ0n) is 10.3. The first-order chi connectivity index (χ1) is 9.24. The number of nitrogens with two attached hydrogens (primary N) is 1. The van der Waals surface area contributed by atoms with Crippen LogP contribution in [0.4, 0.5) is 4.39 Å². The van der Waals surface area contributed by atoms with E-state index in [0.29, 0.717) is 17.9 Å². The van der Waals surface area contributed by atoms with Crippen LogP contribution in [0.1, 0.15) is 5.82 Å². The van der Waals surface area contributed by atoms with Gasteiger partial charge in [-0.2, -0.15) is 0 Å². The summed E-state index contributed by atoms with van der Waals surface area (Å²) in [4.78, 5) is 5.23. The Morgan fingerprint density at radius 3 is 3.05 bits per heavy atom. The zero-order valence-corrected chi connectivity index (χ0v) is 11.1. The highest BCUT2D eigenvalue weighted by atomic mass is 32.1. The van der Waals surface area contributed by atoms with Crippen LogP contribution in [0, 0.1) is 5.82 Å². The number of hydrogen-bond donors (Lipinski definition) is 1. The van der Waals surface area contributed by atoms with Crippen molar-refractivity contribution in [3.63, 3.8) is 0 Å². The zero-order chi connectivity index (χ0) is 13.4. The van der Waals surface area contributed by atoms with Crippen molar-refractivity contribution in [2.24, 2.45) is 5.73 Å². The maximum atomic E-state index is 13.5. The lowest BCUT2D eigenvalue weighted by molar-refractivity contribution is 0.415. The lowest BCUT2D eigenvalue weighted by Gasteiger charge is -2.08. The van der Waals surface area contributed by atoms with Gasteiger partial charge >= 0.3 is 0 Å². The number of nitrogens with zero attached hydrogens (tertiary/aromatic N) is 2. The molecule has 3 rings (SSSR count). The highest BCUT2D eigenvalue weighted by Gasteiger charge is 2.15. The standard InChI is InChI=1S/C13H12FN3OS/c1-18-11-3-2-8(14)4-9(11)10-7-19-13-6-16-12(5-15)17(10)13/h2-4,6-7H,5,15H2,1H3. The molecule has 98 valence electrons. The Morgan fingerprint density at radius 1 is 1.47 bits per heavy atom. The number of aromatic nitrogens is 2. The van der Waals surface area contributed by atoms with Crippen molar-refractivity contribution < 1.29 is 9.13 Å². The average Bonchev–Trinajstić information content (AvgIpc) is 2.99. The van der Waals surface area contributed by atoms with Crippen LogP contribution < -0.4 is 10.5 Å². The van der Waals surface area contributed by atoms with E-state index in [1.54, 1.807) is 19.4 Å². The Bertz CT molecular complexity index is 735. The number of fused-ring (bicyclic) bond motifs is 1. The molecule has 0 aliphatic heterocycles. The lowest BCUT2D eigenvalue weighted by atomic mass is 10.1. The number of rotatable bonds is 3. The van der Waals surface area contributed by atoms with E-state index in [1.165, 1.54) is 23.5 Å². The van der Waals surface area contributed by atoms with Crippen LogP contribution in [0.3, 0.4) is 0 Å². The fraction of sp³-hybridized carbons (Fsp3) is 0.154. The molecule has 2 aromatic heterocycles. The first-order valence-corrected chi connectivity index (χ1v) is 6.60. The normalized spacial score (nSPS) is 11.1. The number of benzene rings is 1. The van der Waals surface area contributed by atoms with E-state index in [4.69, 9.17) is 10.5 Å². The van der Waals surface area contributed by atoms with Gasteiger partial charge in [0.1, 0.15) is 22.2 Å². The van der Waals surface area contributed by atoms with Crippen molar-refractivity contribution in [1.29, 1.82) is 0 Å². The topological polar surface area (TPSA) is 52.5 Å². The molecule has 0 unspecified atom stereocenters. The minimum absolute atomic E-state index is 0.301. The maximum Gasteiger partial charge on any atom is 0.128 e. The monoisotopic (exact) mass is 277 g/mol. The predicted molar refractivity (Wildman–Crippen MR) is 72.9 cm³/mol. The molecule has 0 saturated carbocycles. The highest BCUT2D eigenvalue weighted by molar-refractivity contribution is 7.15. The number of hydrogen-bond acceptors (Lipinski definition) is 4. The Kier molecular flexibility index (Phi) is 2.96. The predicted octanol–water partition coefficient (Wildman–Crippen LogP) is 2.67. The molecule has 2 heterocycles. The summed E-state index contributed by atoms with van der Waals surface area (Å²) in [6.45, 7) is 0.329. The van der Waals surface area contributed by atoms with Gasteiger partial charge in [0.2, 0.25) is 0 Å². The van der Waals surface area contributed by atoms with Gasteiger partial charge in [-0.25, -0.2) is 9.37 Å². The molecule has 2 N–H and O–H groups in total. The van der Waals surface area contributed by atoms with E-state index in [-0.39, 0.29) is 5.82 Å². The summed E-state index contributed by atoms with van der Waals surface area (Å²) in [6, 6.07) is 4.46. The Balaban J connectivity index is 2.29. The van der Waals surface area contributed by atoms with Crippen molar-refractivity contribution >= 4 is 16.2 Å². The summed E-state index contributed by atoms with van der Waals surface area (Å²) in [6.07, 6.45) is 1.77. The second-order valence-corrected chi connectivity index (χ2v) is 4.91. The third-order valence-electron chi connectivity index (χ3n) is 2.95. The second-order valence-electron chi connectivity index (χ2n) is 4.02. The van der Waals surface area contributed by atoms with Crippen LogP contribution >= 0.6 is 11.3 Å². The molecule has 0 spiro atoms. The van der Waals surface area contributed by atoms with Crippen molar-refractivity contribution in [3.8, 4) is 17.0 Å². The van der Waals surface area contributed by atoms with Crippen LogP contribution in [0.15, 0.2) is 29.8 Å². The van der Waals surface area contributed by atoms with Gasteiger partial charge in [-0.3, -0.25) is 4.40 Å². The summed E-state index contributed by atoms with van der Waals surface area (Å²) < 4.78 is 20.7. The van der Waals surface area contributed by atoms with Crippen LogP contribution in [-0.2, 0) is 6.54 Å². The number of imidazole rings is 1. The molecule has 19 heavy (non-hydrogen) atoms. The largest absolute Gasteiger partial charge is 0.496 e. The average molecular weight is 277 g/mol. The molecule has 3 aromatic rings. The van der Waals surface area contributed by atoms with Gasteiger partial charge < -0.3 is 10.5 Å². The molecule has 6 heteroatoms. The molecule has 0 fully saturated rings. The molecule has 1 aromatic carbocycles. The van der Waals surface area contributed by atoms with Gasteiger partial charge in [-0.05, 0) is 18.2 Å². The molecule has 0 aliphatic rings. The van der Waals surface area contributed by atoms with Crippen LogP contribution in [-0.4, -0.2) is 16.5 Å². The number of thiazole rings is 1. The molecule has 0 bridgehead atoms. The SMILES string of the molecule is COc1ccc(F)cc1-c1csc2cnc(CN)n12. The first kappa shape index (κ1) is 12.1. The third-order valence-corrected chi connectivity index (χ3v) is 3.83. The number of halogens is 1. The molecule has 0 saturated heterocycles. The Labute approximate surface area is 113 Å². The van der Waals surface area contributed by atoms with E-state index in [9.17, 15) is 4.39 Å². The lowest BCUT2D eigenvalue weighted by Crippen LogP contribution is -2.03. The molecular weight excluding hydrogens is 265 g/mol. The van der Waals surface area contributed by atoms with Gasteiger partial charge in [-0.15, -0.1) is 11.3 Å². The van der Waals surface area contributed by atoms with Crippen molar-refractivity contribution in [2.75, 3.05) is 7.11 Å². The molecule has 4 nitrogen and oxygen atoms in total.